The average Bonchev–Trinajstić information content (AvgIpc) is 3.97. The molecule has 5 amide bonds. The number of carbonyl (C=O) groups is 5. The third kappa shape index (κ3) is 9.95. The van der Waals surface area contributed by atoms with Crippen LogP contribution in [0.2, 0.25) is 0 Å². The minimum Gasteiger partial charge on any atom is -0.460 e. The summed E-state index contributed by atoms with van der Waals surface area (Å²) in [5.74, 6) is -2.95. The third-order valence-electron chi connectivity index (χ3n) is 10.9. The first-order chi connectivity index (χ1) is 23.6. The molecular weight excluding hydrogens is 671 g/mol. The van der Waals surface area contributed by atoms with Crippen LogP contribution >= 0.6 is 0 Å². The van der Waals surface area contributed by atoms with Gasteiger partial charge in [0.25, 0.3) is 5.91 Å². The zero-order chi connectivity index (χ0) is 38.2. The van der Waals surface area contributed by atoms with Crippen molar-refractivity contribution in [1.82, 2.24) is 26.2 Å². The first-order valence-corrected chi connectivity index (χ1v) is 18.1. The van der Waals surface area contributed by atoms with Gasteiger partial charge in [0.05, 0.1) is 6.04 Å². The lowest BCUT2D eigenvalue weighted by Gasteiger charge is -2.38. The van der Waals surface area contributed by atoms with Crippen molar-refractivity contribution in [3.05, 3.63) is 12.7 Å². The number of nitrogens with one attached hydrogen (secondary N) is 4. The van der Waals surface area contributed by atoms with Gasteiger partial charge in [0.2, 0.25) is 11.8 Å². The topological polar surface area (TPSA) is 166 Å². The third-order valence-corrected chi connectivity index (χ3v) is 10.9. The van der Waals surface area contributed by atoms with Gasteiger partial charge in [0.15, 0.2) is 6.10 Å². The largest absolute Gasteiger partial charge is 0.460 e. The summed E-state index contributed by atoms with van der Waals surface area (Å²) in [6, 6.07) is -5.64. The number of rotatable bonds is 16. The molecule has 4 rings (SSSR count). The van der Waals surface area contributed by atoms with E-state index in [1.807, 2.05) is 13.8 Å². The molecule has 0 aromatic heterocycles. The summed E-state index contributed by atoms with van der Waals surface area (Å²) < 4.78 is 45.6. The molecule has 4 aliphatic rings. The van der Waals surface area contributed by atoms with Crippen molar-refractivity contribution in [2.45, 2.75) is 130 Å². The minimum atomic E-state index is -4.62. The van der Waals surface area contributed by atoms with Crippen molar-refractivity contribution < 1.29 is 47.0 Å². The molecule has 0 spiro atoms. The van der Waals surface area contributed by atoms with E-state index in [1.165, 1.54) is 11.0 Å². The van der Waals surface area contributed by atoms with Crippen LogP contribution in [0.4, 0.5) is 18.0 Å². The lowest BCUT2D eigenvalue weighted by Crippen LogP contribution is -2.62. The Balaban J connectivity index is 1.50. The van der Waals surface area contributed by atoms with Crippen LogP contribution < -0.4 is 21.3 Å². The second-order valence-electron chi connectivity index (χ2n) is 16.9. The van der Waals surface area contributed by atoms with Crippen LogP contribution in [-0.4, -0.2) is 95.4 Å². The number of halogens is 3. The van der Waals surface area contributed by atoms with Crippen molar-refractivity contribution in [2.24, 2.45) is 40.4 Å². The molecule has 3 saturated carbocycles. The lowest BCUT2D eigenvalue weighted by molar-refractivity contribution is -0.155. The number of likely N-dealkylation sites (tertiary alicyclic amines) is 1. The monoisotopic (exact) mass is 727 g/mol. The standard InChI is InChI=1S/C36H56F3N5O7/c1-9-16-40-30(47)26(45)22(14-15-36(37,38)39)41-29(46)25-23-21(35(23,7)8)17-44(25)31(48)28(34(4,5)6)43-33(50)42-24(18(2)3)32(49)51-27(19-10-11-19)20-12-13-20/h9,18-28,45H,1,10-17H2,2-8H3,(H,40,47)(H,41,46)(H2,42,43,50)/t21-,22?,23-,24-,25-,26?,28+/m0/s1. The SMILES string of the molecule is C=CCNC(=O)C(O)C(CCC(F)(F)F)NC(=O)[C@@H]1[C@@H]2[C@H](CN1C(=O)[C@@H](NC(=O)N[C@H](C(=O)OC(C1CC1)C1CC1)C(C)C)C(C)(C)C)C2(C)C. The smallest absolute Gasteiger partial charge is 0.389 e. The summed E-state index contributed by atoms with van der Waals surface area (Å²) in [5, 5.41) is 20.9. The van der Waals surface area contributed by atoms with Gasteiger partial charge in [-0.3, -0.25) is 14.4 Å². The van der Waals surface area contributed by atoms with Crippen LogP contribution in [0.1, 0.15) is 87.0 Å². The van der Waals surface area contributed by atoms with E-state index in [-0.39, 0.29) is 42.4 Å². The highest BCUT2D eigenvalue weighted by molar-refractivity contribution is 5.95. The molecular formula is C36H56F3N5O7. The number of aliphatic hydroxyl groups is 1. The fourth-order valence-corrected chi connectivity index (χ4v) is 7.43. The minimum absolute atomic E-state index is 0.0476. The zero-order valence-corrected chi connectivity index (χ0v) is 30.8. The number of hydrogen-bond donors (Lipinski definition) is 5. The highest BCUT2D eigenvalue weighted by Crippen LogP contribution is 2.65. The van der Waals surface area contributed by atoms with Gasteiger partial charge < -0.3 is 36.0 Å². The van der Waals surface area contributed by atoms with Crippen LogP contribution in [-0.2, 0) is 23.9 Å². The van der Waals surface area contributed by atoms with E-state index in [9.17, 15) is 42.3 Å². The van der Waals surface area contributed by atoms with E-state index in [0.29, 0.717) is 11.8 Å². The Hall–Kier alpha value is -3.36. The fourth-order valence-electron chi connectivity index (χ4n) is 7.43. The van der Waals surface area contributed by atoms with Gasteiger partial charge in [-0.05, 0) is 72.5 Å². The van der Waals surface area contributed by atoms with Gasteiger partial charge in [-0.15, -0.1) is 6.58 Å². The summed E-state index contributed by atoms with van der Waals surface area (Å²) in [6.45, 7) is 16.2. The Labute approximate surface area is 298 Å². The summed E-state index contributed by atoms with van der Waals surface area (Å²) in [5.41, 5.74) is -1.24. The van der Waals surface area contributed by atoms with Gasteiger partial charge in [0.1, 0.15) is 24.2 Å². The maximum absolute atomic E-state index is 14.3. The Morgan fingerprint density at radius 1 is 1.00 bits per heavy atom. The fraction of sp³-hybridized carbons (Fsp3) is 0.806. The molecule has 3 aliphatic carbocycles. The Kier molecular flexibility index (Phi) is 12.1. The Morgan fingerprint density at radius 2 is 1.59 bits per heavy atom. The number of piperidine rings is 1. The summed E-state index contributed by atoms with van der Waals surface area (Å²) in [4.78, 5) is 68.9. The maximum Gasteiger partial charge on any atom is 0.389 e. The van der Waals surface area contributed by atoms with Gasteiger partial charge in [-0.2, -0.15) is 13.2 Å². The number of amides is 5. The number of carbonyl (C=O) groups excluding carboxylic acids is 5. The van der Waals surface area contributed by atoms with Gasteiger partial charge in [-0.1, -0.05) is 54.5 Å². The maximum atomic E-state index is 14.3. The molecule has 1 aliphatic heterocycles. The van der Waals surface area contributed by atoms with Crippen molar-refractivity contribution in [1.29, 1.82) is 0 Å². The predicted octanol–water partition coefficient (Wildman–Crippen LogP) is 3.43. The molecule has 0 aromatic carbocycles. The molecule has 51 heavy (non-hydrogen) atoms. The van der Waals surface area contributed by atoms with Crippen LogP contribution in [0.5, 0.6) is 0 Å². The normalized spacial score (nSPS) is 24.9. The number of esters is 1. The molecule has 1 heterocycles. The highest BCUT2D eigenvalue weighted by Gasteiger charge is 2.70. The quantitative estimate of drug-likeness (QED) is 0.120. The number of urea groups is 1. The number of hydrogen-bond acceptors (Lipinski definition) is 7. The first kappa shape index (κ1) is 40.4. The number of alkyl halides is 3. The van der Waals surface area contributed by atoms with Crippen molar-refractivity contribution in [3.63, 3.8) is 0 Å². The van der Waals surface area contributed by atoms with E-state index in [1.54, 1.807) is 34.6 Å². The molecule has 12 nitrogen and oxygen atoms in total. The van der Waals surface area contributed by atoms with Crippen LogP contribution in [0.3, 0.4) is 0 Å². The van der Waals surface area contributed by atoms with Crippen LogP contribution in [0.15, 0.2) is 12.7 Å². The second kappa shape index (κ2) is 15.3. The number of aliphatic hydroxyl groups excluding tert-OH is 1. The summed E-state index contributed by atoms with van der Waals surface area (Å²) >= 11 is 0. The van der Waals surface area contributed by atoms with E-state index in [2.05, 4.69) is 27.8 Å². The molecule has 2 unspecified atom stereocenters. The molecule has 0 bridgehead atoms. The average molecular weight is 728 g/mol. The molecule has 0 radical (unpaired) electrons. The molecule has 5 N–H and O–H groups in total. The van der Waals surface area contributed by atoms with E-state index < -0.39 is 84.4 Å². The van der Waals surface area contributed by atoms with E-state index >= 15 is 0 Å². The first-order valence-electron chi connectivity index (χ1n) is 18.1. The van der Waals surface area contributed by atoms with Crippen molar-refractivity contribution >= 4 is 29.7 Å². The van der Waals surface area contributed by atoms with E-state index in [4.69, 9.17) is 4.74 Å². The molecule has 7 atom stereocenters. The molecule has 4 fully saturated rings. The van der Waals surface area contributed by atoms with Crippen LogP contribution in [0.25, 0.3) is 0 Å². The number of nitrogens with zero attached hydrogens (tertiary/aromatic N) is 1. The van der Waals surface area contributed by atoms with Crippen LogP contribution in [0, 0.1) is 40.4 Å². The van der Waals surface area contributed by atoms with Crippen molar-refractivity contribution in [2.75, 3.05) is 13.1 Å². The zero-order valence-electron chi connectivity index (χ0n) is 30.8. The summed E-state index contributed by atoms with van der Waals surface area (Å²) in [6.07, 6.45) is -3.53. The van der Waals surface area contributed by atoms with Gasteiger partial charge >= 0.3 is 18.2 Å². The lowest BCUT2D eigenvalue weighted by atomic mass is 9.85. The Morgan fingerprint density at radius 3 is 2.08 bits per heavy atom. The highest BCUT2D eigenvalue weighted by atomic mass is 19.4. The Bertz CT molecular complexity index is 1330. The number of ether oxygens (including phenoxy) is 1. The van der Waals surface area contributed by atoms with Gasteiger partial charge in [-0.25, -0.2) is 9.59 Å². The molecule has 1 saturated heterocycles. The second-order valence-corrected chi connectivity index (χ2v) is 16.9. The molecule has 0 aromatic rings. The predicted molar refractivity (Wildman–Crippen MR) is 182 cm³/mol. The molecule has 15 heteroatoms. The number of fused-ring (bicyclic) bond motifs is 1. The van der Waals surface area contributed by atoms with Crippen molar-refractivity contribution in [3.8, 4) is 0 Å². The van der Waals surface area contributed by atoms with E-state index in [0.717, 1.165) is 25.7 Å². The summed E-state index contributed by atoms with van der Waals surface area (Å²) in [7, 11) is 0. The molecule has 288 valence electrons. The van der Waals surface area contributed by atoms with Gasteiger partial charge in [0, 0.05) is 19.5 Å².